The van der Waals surface area contributed by atoms with Crippen molar-refractivity contribution in [2.75, 3.05) is 61.0 Å². The van der Waals surface area contributed by atoms with E-state index < -0.39 is 10.8 Å². The highest BCUT2D eigenvalue weighted by Gasteiger charge is 2.22. The lowest BCUT2D eigenvalue weighted by Crippen LogP contribution is -2.40. The molecule has 0 aromatic heterocycles. The number of ether oxygens (including phenoxy) is 2. The van der Waals surface area contributed by atoms with Crippen LogP contribution < -0.4 is 15.1 Å². The monoisotopic (exact) mass is 385 g/mol. The third kappa shape index (κ3) is 4.93. The van der Waals surface area contributed by atoms with Crippen molar-refractivity contribution in [1.82, 2.24) is 5.32 Å². The summed E-state index contributed by atoms with van der Waals surface area (Å²) in [7, 11) is -0.794. The van der Waals surface area contributed by atoms with Gasteiger partial charge in [0.15, 0.2) is 0 Å². The fraction of sp³-hybridized carbons (Fsp3) is 0.588. The maximum atomic E-state index is 14.7. The van der Waals surface area contributed by atoms with Crippen LogP contribution in [0.25, 0.3) is 0 Å². The molecule has 2 heterocycles. The Bertz CT molecular complexity index is 665. The van der Waals surface area contributed by atoms with Crippen molar-refractivity contribution in [3.63, 3.8) is 0 Å². The van der Waals surface area contributed by atoms with Crippen LogP contribution >= 0.6 is 0 Å². The minimum atomic E-state index is -0.794. The number of nitrogens with one attached hydrogen (secondary N) is 1. The van der Waals surface area contributed by atoms with Gasteiger partial charge >= 0.3 is 0 Å². The highest BCUT2D eigenvalue weighted by Crippen LogP contribution is 2.26. The molecular weight excluding hydrogens is 361 g/mol. The number of rotatable bonds is 4. The Labute approximate surface area is 154 Å². The zero-order valence-electron chi connectivity index (χ0n) is 14.8. The summed E-state index contributed by atoms with van der Waals surface area (Å²) in [5.41, 5.74) is 1.23. The molecule has 2 aliphatic heterocycles. The fourth-order valence-electron chi connectivity index (χ4n) is 3.03. The third-order valence-corrected chi connectivity index (χ3v) is 5.73. The Balaban J connectivity index is 1.68. The number of carbonyl (C=O) groups excluding carboxylic acids is 1. The molecule has 144 valence electrons. The van der Waals surface area contributed by atoms with Gasteiger partial charge in [-0.25, -0.2) is 4.39 Å². The smallest absolute Gasteiger partial charge is 0.216 e. The summed E-state index contributed by atoms with van der Waals surface area (Å²) < 4.78 is 37.1. The Morgan fingerprint density at radius 1 is 1.35 bits per heavy atom. The standard InChI is InChI=1S/C17H24FN3O4S/c1-13(22)19-9-15-10-21(11-24-12-25-15)14-2-3-17(16(18)8-14)20-4-6-26(23)7-5-20/h2-3,8,15H,4-7,9-12H2,1H3,(H,19,22)/t15-/m0/s1. The first-order chi connectivity index (χ1) is 12.5. The molecule has 1 atom stereocenters. The molecule has 26 heavy (non-hydrogen) atoms. The molecule has 1 amide bonds. The topological polar surface area (TPSA) is 71.1 Å². The highest BCUT2D eigenvalue weighted by atomic mass is 32.2. The Morgan fingerprint density at radius 3 is 2.81 bits per heavy atom. The normalized spacial score (nSPS) is 22.2. The molecule has 3 rings (SSSR count). The van der Waals surface area contributed by atoms with Crippen LogP contribution in [0, 0.1) is 5.82 Å². The molecule has 0 unspecified atom stereocenters. The summed E-state index contributed by atoms with van der Waals surface area (Å²) in [4.78, 5) is 14.9. The summed E-state index contributed by atoms with van der Waals surface area (Å²) in [6, 6.07) is 5.10. The van der Waals surface area contributed by atoms with Gasteiger partial charge in [-0.3, -0.25) is 9.00 Å². The lowest BCUT2D eigenvalue weighted by molar-refractivity contribution is -0.120. The molecule has 1 aromatic carbocycles. The summed E-state index contributed by atoms with van der Waals surface area (Å²) in [5, 5.41) is 2.73. The number of hydrogen-bond acceptors (Lipinski definition) is 6. The maximum absolute atomic E-state index is 14.7. The highest BCUT2D eigenvalue weighted by molar-refractivity contribution is 7.85. The fourth-order valence-corrected chi connectivity index (χ4v) is 4.08. The molecule has 2 fully saturated rings. The zero-order valence-corrected chi connectivity index (χ0v) is 15.6. The maximum Gasteiger partial charge on any atom is 0.216 e. The van der Waals surface area contributed by atoms with Gasteiger partial charge in [-0.05, 0) is 18.2 Å². The minimum absolute atomic E-state index is 0.122. The van der Waals surface area contributed by atoms with E-state index in [9.17, 15) is 13.4 Å². The van der Waals surface area contributed by atoms with Crippen molar-refractivity contribution >= 4 is 28.1 Å². The van der Waals surface area contributed by atoms with Gasteiger partial charge in [0.05, 0.1) is 11.8 Å². The molecule has 0 radical (unpaired) electrons. The van der Waals surface area contributed by atoms with Gasteiger partial charge in [0, 0.05) is 61.1 Å². The van der Waals surface area contributed by atoms with E-state index in [1.54, 1.807) is 6.07 Å². The van der Waals surface area contributed by atoms with E-state index in [-0.39, 0.29) is 31.4 Å². The number of benzene rings is 1. The van der Waals surface area contributed by atoms with E-state index in [0.717, 1.165) is 0 Å². The molecule has 0 bridgehead atoms. The van der Waals surface area contributed by atoms with Crippen LogP contribution in [0.3, 0.4) is 0 Å². The van der Waals surface area contributed by atoms with Crippen molar-refractivity contribution < 1.29 is 22.9 Å². The van der Waals surface area contributed by atoms with Crippen LogP contribution in [-0.2, 0) is 25.1 Å². The Morgan fingerprint density at radius 2 is 2.12 bits per heavy atom. The van der Waals surface area contributed by atoms with Crippen LogP contribution in [0.4, 0.5) is 15.8 Å². The molecule has 7 nitrogen and oxygen atoms in total. The lowest BCUT2D eigenvalue weighted by Gasteiger charge is -2.30. The van der Waals surface area contributed by atoms with Crippen LogP contribution in [0.2, 0.25) is 0 Å². The summed E-state index contributed by atoms with van der Waals surface area (Å²) in [5.74, 6) is 0.717. The Kier molecular flexibility index (Phi) is 6.44. The second kappa shape index (κ2) is 8.79. The van der Waals surface area contributed by atoms with Gasteiger partial charge in [0.2, 0.25) is 5.91 Å². The minimum Gasteiger partial charge on any atom is -0.367 e. The number of anilines is 2. The van der Waals surface area contributed by atoms with E-state index >= 15 is 0 Å². The van der Waals surface area contributed by atoms with Crippen LogP contribution in [0.5, 0.6) is 0 Å². The second-order valence-corrected chi connectivity index (χ2v) is 8.07. The molecule has 1 N–H and O–H groups in total. The molecule has 0 saturated carbocycles. The number of carbonyl (C=O) groups is 1. The number of nitrogens with zero attached hydrogens (tertiary/aromatic N) is 2. The van der Waals surface area contributed by atoms with E-state index in [1.807, 2.05) is 15.9 Å². The first kappa shape index (κ1) is 19.1. The predicted molar refractivity (Wildman–Crippen MR) is 98.2 cm³/mol. The summed E-state index contributed by atoms with van der Waals surface area (Å²) in [6.45, 7) is 3.94. The van der Waals surface area contributed by atoms with Gasteiger partial charge in [-0.15, -0.1) is 0 Å². The summed E-state index contributed by atoms with van der Waals surface area (Å²) >= 11 is 0. The summed E-state index contributed by atoms with van der Waals surface area (Å²) in [6.07, 6.45) is -0.235. The first-order valence-corrected chi connectivity index (χ1v) is 10.1. The van der Waals surface area contributed by atoms with E-state index in [0.29, 0.717) is 49.1 Å². The first-order valence-electron chi connectivity index (χ1n) is 8.61. The SMILES string of the molecule is CC(=O)NC[C@H]1CN(c2ccc(N3CCS(=O)CC3)c(F)c2)COCO1. The predicted octanol–water partition coefficient (Wildman–Crippen LogP) is 0.667. The molecule has 2 aliphatic rings. The van der Waals surface area contributed by atoms with Gasteiger partial charge in [-0.2, -0.15) is 0 Å². The van der Waals surface area contributed by atoms with E-state index in [2.05, 4.69) is 5.32 Å². The van der Waals surface area contributed by atoms with Gasteiger partial charge in [0.25, 0.3) is 0 Å². The van der Waals surface area contributed by atoms with Crippen molar-refractivity contribution in [3.05, 3.63) is 24.0 Å². The van der Waals surface area contributed by atoms with Gasteiger partial charge < -0.3 is 24.6 Å². The third-order valence-electron chi connectivity index (χ3n) is 4.45. The molecule has 0 spiro atoms. The molecular formula is C17H24FN3O4S. The van der Waals surface area contributed by atoms with Crippen molar-refractivity contribution in [3.8, 4) is 0 Å². The molecule has 0 aliphatic carbocycles. The number of amides is 1. The van der Waals surface area contributed by atoms with E-state index in [4.69, 9.17) is 9.47 Å². The van der Waals surface area contributed by atoms with Crippen LogP contribution in [-0.4, -0.2) is 67.4 Å². The average Bonchev–Trinajstić information content (AvgIpc) is 2.86. The zero-order chi connectivity index (χ0) is 18.5. The van der Waals surface area contributed by atoms with Gasteiger partial charge in [0.1, 0.15) is 19.3 Å². The van der Waals surface area contributed by atoms with Crippen LogP contribution in [0.1, 0.15) is 6.92 Å². The lowest BCUT2D eigenvalue weighted by atomic mass is 10.2. The van der Waals surface area contributed by atoms with Crippen molar-refractivity contribution in [2.45, 2.75) is 13.0 Å². The van der Waals surface area contributed by atoms with Crippen molar-refractivity contribution in [2.24, 2.45) is 0 Å². The second-order valence-electron chi connectivity index (χ2n) is 6.37. The van der Waals surface area contributed by atoms with Gasteiger partial charge in [-0.1, -0.05) is 0 Å². The molecule has 9 heteroatoms. The number of halogens is 1. The average molecular weight is 385 g/mol. The van der Waals surface area contributed by atoms with Crippen molar-refractivity contribution in [1.29, 1.82) is 0 Å². The molecule has 2 saturated heterocycles. The quantitative estimate of drug-likeness (QED) is 0.822. The van der Waals surface area contributed by atoms with Crippen LogP contribution in [0.15, 0.2) is 18.2 Å². The largest absolute Gasteiger partial charge is 0.367 e. The number of hydrogen-bond donors (Lipinski definition) is 1. The molecule has 1 aromatic rings. The Hall–Kier alpha value is -1.71. The van der Waals surface area contributed by atoms with E-state index in [1.165, 1.54) is 13.0 Å².